The Labute approximate surface area is 158 Å². The Balaban J connectivity index is 1.31. The van der Waals surface area contributed by atoms with Gasteiger partial charge in [-0.05, 0) is 30.0 Å². The summed E-state index contributed by atoms with van der Waals surface area (Å²) in [6.07, 6.45) is 2.73. The third kappa shape index (κ3) is 3.15. The number of amides is 1. The monoisotopic (exact) mass is 368 g/mol. The van der Waals surface area contributed by atoms with E-state index in [0.29, 0.717) is 38.8 Å². The lowest BCUT2D eigenvalue weighted by Crippen LogP contribution is -2.34. The molecule has 1 saturated heterocycles. The number of carbonyl (C=O) groups is 1. The molecule has 0 bridgehead atoms. The molecule has 3 aliphatic heterocycles. The van der Waals surface area contributed by atoms with E-state index < -0.39 is 0 Å². The number of ether oxygens (including phenoxy) is 2. The third-order valence-corrected chi connectivity index (χ3v) is 5.83. The fraction of sp³-hybridized carbons (Fsp3) is 0.550. The van der Waals surface area contributed by atoms with Crippen LogP contribution in [0.3, 0.4) is 0 Å². The van der Waals surface area contributed by atoms with Crippen molar-refractivity contribution in [3.63, 3.8) is 0 Å². The highest BCUT2D eigenvalue weighted by molar-refractivity contribution is 5.96. The summed E-state index contributed by atoms with van der Waals surface area (Å²) in [6.45, 7) is 4.75. The molecule has 0 unspecified atom stereocenters. The van der Waals surface area contributed by atoms with Gasteiger partial charge in [0.2, 0.25) is 0 Å². The van der Waals surface area contributed by atoms with Crippen molar-refractivity contribution < 1.29 is 14.3 Å². The first-order chi connectivity index (χ1) is 13.3. The van der Waals surface area contributed by atoms with E-state index in [-0.39, 0.29) is 5.91 Å². The van der Waals surface area contributed by atoms with Gasteiger partial charge in [-0.15, -0.1) is 0 Å². The minimum absolute atomic E-state index is 0.0905. The Morgan fingerprint density at radius 2 is 1.96 bits per heavy atom. The van der Waals surface area contributed by atoms with Gasteiger partial charge in [-0.25, -0.2) is 9.67 Å². The molecule has 0 radical (unpaired) electrons. The summed E-state index contributed by atoms with van der Waals surface area (Å²) in [5, 5.41) is 4.75. The van der Waals surface area contributed by atoms with Gasteiger partial charge < -0.3 is 14.4 Å². The van der Waals surface area contributed by atoms with Gasteiger partial charge in [0.1, 0.15) is 5.82 Å². The molecular formula is C20H24N4O3. The number of hydrogen-bond acceptors (Lipinski definition) is 5. The van der Waals surface area contributed by atoms with E-state index >= 15 is 0 Å². The number of carbonyl (C=O) groups excluding carboxylic acids is 1. The fourth-order valence-electron chi connectivity index (χ4n) is 4.23. The van der Waals surface area contributed by atoms with Crippen LogP contribution in [0.2, 0.25) is 0 Å². The number of nitrogens with zero attached hydrogens (tertiary/aromatic N) is 4. The molecule has 0 aliphatic carbocycles. The highest BCUT2D eigenvalue weighted by atomic mass is 16.5. The van der Waals surface area contributed by atoms with Crippen LogP contribution in [0.15, 0.2) is 18.2 Å². The second kappa shape index (κ2) is 7.05. The Kier molecular flexibility index (Phi) is 4.41. The van der Waals surface area contributed by atoms with Gasteiger partial charge in [0.05, 0.1) is 19.8 Å². The molecule has 0 saturated carbocycles. The summed E-state index contributed by atoms with van der Waals surface area (Å²) >= 11 is 0. The Morgan fingerprint density at radius 3 is 2.85 bits per heavy atom. The molecule has 1 aromatic carbocycles. The predicted molar refractivity (Wildman–Crippen MR) is 97.4 cm³/mol. The van der Waals surface area contributed by atoms with Crippen LogP contribution in [0.5, 0.6) is 0 Å². The second-order valence-electron chi connectivity index (χ2n) is 7.47. The summed E-state index contributed by atoms with van der Waals surface area (Å²) < 4.78 is 13.0. The molecule has 7 nitrogen and oxygen atoms in total. The van der Waals surface area contributed by atoms with Crippen LogP contribution in [0.25, 0.3) is 0 Å². The van der Waals surface area contributed by atoms with E-state index in [1.807, 2.05) is 27.8 Å². The summed E-state index contributed by atoms with van der Waals surface area (Å²) in [5.41, 5.74) is 2.95. The van der Waals surface area contributed by atoms with Gasteiger partial charge in [-0.3, -0.25) is 4.79 Å². The van der Waals surface area contributed by atoms with E-state index in [2.05, 4.69) is 0 Å². The quantitative estimate of drug-likeness (QED) is 0.810. The summed E-state index contributed by atoms with van der Waals surface area (Å²) in [5.74, 6) is 2.44. The van der Waals surface area contributed by atoms with Gasteiger partial charge in [0, 0.05) is 44.2 Å². The first-order valence-corrected chi connectivity index (χ1v) is 9.79. The normalized spacial score (nSPS) is 20.2. The van der Waals surface area contributed by atoms with Crippen molar-refractivity contribution in [2.75, 3.05) is 26.3 Å². The zero-order valence-corrected chi connectivity index (χ0v) is 15.4. The van der Waals surface area contributed by atoms with Crippen LogP contribution in [0, 0.1) is 0 Å². The molecular weight excluding hydrogens is 344 g/mol. The maximum atomic E-state index is 13.1. The van der Waals surface area contributed by atoms with Crippen LogP contribution in [-0.4, -0.2) is 51.9 Å². The van der Waals surface area contributed by atoms with Crippen molar-refractivity contribution in [3.8, 4) is 0 Å². The average Bonchev–Trinajstić information content (AvgIpc) is 3.31. The maximum absolute atomic E-state index is 13.1. The van der Waals surface area contributed by atoms with Gasteiger partial charge in [0.15, 0.2) is 5.82 Å². The van der Waals surface area contributed by atoms with Crippen molar-refractivity contribution in [1.29, 1.82) is 0 Å². The number of benzene rings is 1. The Morgan fingerprint density at radius 1 is 1.07 bits per heavy atom. The molecule has 27 heavy (non-hydrogen) atoms. The van der Waals surface area contributed by atoms with Crippen molar-refractivity contribution in [2.45, 2.75) is 44.9 Å². The van der Waals surface area contributed by atoms with Gasteiger partial charge in [0.25, 0.3) is 5.91 Å². The highest BCUT2D eigenvalue weighted by Crippen LogP contribution is 2.26. The lowest BCUT2D eigenvalue weighted by molar-refractivity contribution is 0.0752. The van der Waals surface area contributed by atoms with E-state index in [1.165, 1.54) is 0 Å². The maximum Gasteiger partial charge on any atom is 0.254 e. The molecule has 7 heteroatoms. The minimum Gasteiger partial charge on any atom is -0.381 e. The van der Waals surface area contributed by atoms with Crippen LogP contribution < -0.4 is 0 Å². The molecule has 5 rings (SSSR count). The SMILES string of the molecule is O=C(c1cccc2c1COC2)N1CCc2nc(C3CCOCC3)nn2CC1. The van der Waals surface area contributed by atoms with Crippen molar-refractivity contribution >= 4 is 5.91 Å². The van der Waals surface area contributed by atoms with Crippen molar-refractivity contribution in [1.82, 2.24) is 19.7 Å². The molecule has 1 fully saturated rings. The van der Waals surface area contributed by atoms with Crippen LogP contribution in [0.1, 0.15) is 51.9 Å². The molecule has 1 amide bonds. The number of hydrogen-bond donors (Lipinski definition) is 0. The minimum atomic E-state index is 0.0905. The van der Waals surface area contributed by atoms with Crippen molar-refractivity contribution in [2.24, 2.45) is 0 Å². The van der Waals surface area contributed by atoms with E-state index in [4.69, 9.17) is 19.6 Å². The average molecular weight is 368 g/mol. The van der Waals surface area contributed by atoms with Gasteiger partial charge in [-0.2, -0.15) is 5.10 Å². The second-order valence-corrected chi connectivity index (χ2v) is 7.47. The van der Waals surface area contributed by atoms with E-state index in [1.54, 1.807) is 0 Å². The van der Waals surface area contributed by atoms with Gasteiger partial charge >= 0.3 is 0 Å². The number of aromatic nitrogens is 3. The summed E-state index contributed by atoms with van der Waals surface area (Å²) in [6, 6.07) is 5.91. The zero-order valence-electron chi connectivity index (χ0n) is 15.4. The van der Waals surface area contributed by atoms with E-state index in [0.717, 1.165) is 60.8 Å². The van der Waals surface area contributed by atoms with Crippen LogP contribution in [0.4, 0.5) is 0 Å². The van der Waals surface area contributed by atoms with Gasteiger partial charge in [-0.1, -0.05) is 12.1 Å². The molecule has 0 spiro atoms. The Hall–Kier alpha value is -2.25. The number of rotatable bonds is 2. The molecule has 4 heterocycles. The molecule has 1 aromatic heterocycles. The summed E-state index contributed by atoms with van der Waals surface area (Å²) in [4.78, 5) is 19.8. The predicted octanol–water partition coefficient (Wildman–Crippen LogP) is 1.90. The lowest BCUT2D eigenvalue weighted by Gasteiger charge is -2.21. The van der Waals surface area contributed by atoms with E-state index in [9.17, 15) is 4.79 Å². The first kappa shape index (κ1) is 16.9. The van der Waals surface area contributed by atoms with Crippen LogP contribution >= 0.6 is 0 Å². The highest BCUT2D eigenvalue weighted by Gasteiger charge is 2.27. The first-order valence-electron chi connectivity index (χ1n) is 9.79. The third-order valence-electron chi connectivity index (χ3n) is 5.83. The molecule has 142 valence electrons. The van der Waals surface area contributed by atoms with Crippen LogP contribution in [-0.2, 0) is 35.7 Å². The lowest BCUT2D eigenvalue weighted by atomic mass is 10.00. The van der Waals surface area contributed by atoms with Crippen molar-refractivity contribution in [3.05, 3.63) is 46.5 Å². The molecule has 0 N–H and O–H groups in total. The molecule has 2 aromatic rings. The topological polar surface area (TPSA) is 69.5 Å². The molecule has 0 atom stereocenters. The number of fused-ring (bicyclic) bond motifs is 2. The zero-order chi connectivity index (χ0) is 18.2. The molecule has 3 aliphatic rings. The fourth-order valence-corrected chi connectivity index (χ4v) is 4.23. The standard InChI is InChI=1S/C20H24N4O3/c25-20(16-3-1-2-15-12-27-13-17(15)16)23-7-4-18-21-19(22-24(18)9-8-23)14-5-10-26-11-6-14/h1-3,14H,4-13H2. The Bertz CT molecular complexity index is 831. The summed E-state index contributed by atoms with van der Waals surface area (Å²) in [7, 11) is 0. The smallest absolute Gasteiger partial charge is 0.254 e. The largest absolute Gasteiger partial charge is 0.381 e.